The lowest BCUT2D eigenvalue weighted by Crippen LogP contribution is -2.44. The Labute approximate surface area is 469 Å². The highest BCUT2D eigenvalue weighted by Crippen LogP contribution is 2.17. The zero-order valence-electron chi connectivity index (χ0n) is 50.4. The summed E-state index contributed by atoms with van der Waals surface area (Å²) in [5, 5.41) is 11.8. The predicted octanol–water partition coefficient (Wildman–Crippen LogP) is 17.9. The first-order chi connectivity index (χ1) is 37.1. The summed E-state index contributed by atoms with van der Waals surface area (Å²) >= 11 is 0. The largest absolute Gasteiger partial charge is 0.545 e. The summed E-state index contributed by atoms with van der Waals surface area (Å²) in [7, 11) is 5.93. The van der Waals surface area contributed by atoms with Crippen LogP contribution in [0.5, 0.6) is 0 Å². The predicted molar refractivity (Wildman–Crippen MR) is 320 cm³/mol. The molecule has 0 bridgehead atoms. The molecule has 0 spiro atoms. The Morgan fingerprint density at radius 1 is 0.408 bits per heavy atom. The number of rotatable bonds is 59. The molecule has 442 valence electrons. The molecule has 0 N–H and O–H groups in total. The Hall–Kier alpha value is -3.01. The third kappa shape index (κ3) is 58.7. The summed E-state index contributed by atoms with van der Waals surface area (Å²) in [6.45, 7) is 4.66. The van der Waals surface area contributed by atoms with Gasteiger partial charge in [0.05, 0.1) is 40.3 Å². The minimum absolute atomic E-state index is 0.147. The third-order valence-corrected chi connectivity index (χ3v) is 14.0. The molecule has 0 aromatic heterocycles. The lowest BCUT2D eigenvalue weighted by Gasteiger charge is -2.26. The Bertz CT molecular complexity index is 1430. The summed E-state index contributed by atoms with van der Waals surface area (Å²) in [5.41, 5.74) is 0. The number of quaternary nitrogens is 1. The molecule has 9 nitrogen and oxygen atoms in total. The van der Waals surface area contributed by atoms with Crippen molar-refractivity contribution in [3.05, 3.63) is 60.8 Å². The number of carboxylic acid groups (broad SMARTS) is 1. The highest BCUT2D eigenvalue weighted by molar-refractivity contribution is 5.70. The van der Waals surface area contributed by atoms with Crippen LogP contribution < -0.4 is 5.11 Å². The highest BCUT2D eigenvalue weighted by Gasteiger charge is 2.22. The topological polar surface area (TPSA) is 111 Å². The maximum absolute atomic E-state index is 12.9. The number of hydrogen-bond donors (Lipinski definition) is 0. The average molecular weight is 1070 g/mol. The summed E-state index contributed by atoms with van der Waals surface area (Å²) in [4.78, 5) is 37.3. The van der Waals surface area contributed by atoms with Crippen molar-refractivity contribution in [2.45, 2.75) is 302 Å². The van der Waals surface area contributed by atoms with E-state index in [0.717, 1.165) is 77.0 Å². The molecule has 0 rings (SSSR count). The van der Waals surface area contributed by atoms with E-state index >= 15 is 0 Å². The fraction of sp³-hybridized carbons (Fsp3) is 0.806. The number of allylic oxidation sites excluding steroid dienone is 10. The molecule has 0 aromatic rings. The molecular weight excluding hydrogens is 947 g/mol. The van der Waals surface area contributed by atoms with Crippen LogP contribution >= 0.6 is 0 Å². The fourth-order valence-electron chi connectivity index (χ4n) is 9.11. The molecule has 9 heteroatoms. The normalized spacial score (nSPS) is 13.1. The molecule has 0 saturated carbocycles. The van der Waals surface area contributed by atoms with Crippen molar-refractivity contribution in [1.29, 1.82) is 0 Å². The van der Waals surface area contributed by atoms with Crippen LogP contribution in [0.1, 0.15) is 290 Å². The third-order valence-electron chi connectivity index (χ3n) is 14.0. The van der Waals surface area contributed by atoms with Crippen molar-refractivity contribution < 1.29 is 42.9 Å². The summed E-state index contributed by atoms with van der Waals surface area (Å²) < 4.78 is 22.7. The minimum Gasteiger partial charge on any atom is -0.545 e. The molecule has 0 aliphatic carbocycles. The van der Waals surface area contributed by atoms with E-state index in [9.17, 15) is 19.5 Å². The average Bonchev–Trinajstić information content (AvgIpc) is 3.39. The van der Waals surface area contributed by atoms with E-state index in [1.807, 2.05) is 21.1 Å². The highest BCUT2D eigenvalue weighted by atomic mass is 16.7. The van der Waals surface area contributed by atoms with Crippen LogP contribution in [-0.4, -0.2) is 82.3 Å². The van der Waals surface area contributed by atoms with Gasteiger partial charge in [0.1, 0.15) is 13.2 Å². The Balaban J connectivity index is 4.04. The van der Waals surface area contributed by atoms with Gasteiger partial charge in [-0.15, -0.1) is 0 Å². The Kier molecular flexibility index (Phi) is 55.8. The van der Waals surface area contributed by atoms with E-state index in [1.165, 1.54) is 180 Å². The molecule has 0 radical (unpaired) electrons. The summed E-state index contributed by atoms with van der Waals surface area (Å²) in [6.07, 6.45) is 71.5. The van der Waals surface area contributed by atoms with Crippen LogP contribution in [0, 0.1) is 0 Å². The number of esters is 2. The van der Waals surface area contributed by atoms with Crippen LogP contribution in [-0.2, 0) is 33.3 Å². The van der Waals surface area contributed by atoms with Crippen molar-refractivity contribution in [3.8, 4) is 0 Å². The first-order valence-corrected chi connectivity index (χ1v) is 31.9. The van der Waals surface area contributed by atoms with Gasteiger partial charge in [0.25, 0.3) is 0 Å². The molecule has 0 aromatic carbocycles. The van der Waals surface area contributed by atoms with Crippen LogP contribution in [0.3, 0.4) is 0 Å². The van der Waals surface area contributed by atoms with Gasteiger partial charge in [-0.3, -0.25) is 9.59 Å². The van der Waals surface area contributed by atoms with E-state index in [4.69, 9.17) is 18.9 Å². The van der Waals surface area contributed by atoms with Crippen molar-refractivity contribution >= 4 is 17.9 Å². The molecular formula is C67H121NO8. The van der Waals surface area contributed by atoms with Crippen molar-refractivity contribution in [1.82, 2.24) is 0 Å². The Morgan fingerprint density at radius 2 is 0.750 bits per heavy atom. The first-order valence-electron chi connectivity index (χ1n) is 31.9. The van der Waals surface area contributed by atoms with Crippen LogP contribution in [0.15, 0.2) is 60.8 Å². The number of carboxylic acids is 1. The molecule has 0 saturated heterocycles. The molecule has 0 aliphatic heterocycles. The monoisotopic (exact) mass is 1070 g/mol. The molecule has 2 unspecified atom stereocenters. The van der Waals surface area contributed by atoms with Gasteiger partial charge in [-0.25, -0.2) is 0 Å². The lowest BCUT2D eigenvalue weighted by molar-refractivity contribution is -0.870. The van der Waals surface area contributed by atoms with Crippen LogP contribution in [0.4, 0.5) is 0 Å². The van der Waals surface area contributed by atoms with Gasteiger partial charge in [0.15, 0.2) is 12.4 Å². The van der Waals surface area contributed by atoms with E-state index in [2.05, 4.69) is 74.6 Å². The number of carbonyl (C=O) groups excluding carboxylic acids is 3. The van der Waals surface area contributed by atoms with Gasteiger partial charge in [-0.1, -0.05) is 261 Å². The number of carbonyl (C=O) groups is 3. The number of nitrogens with zero attached hydrogens (tertiary/aromatic N) is 1. The zero-order chi connectivity index (χ0) is 55.5. The van der Waals surface area contributed by atoms with Gasteiger partial charge < -0.3 is 33.3 Å². The minimum atomic E-state index is -1.62. The van der Waals surface area contributed by atoms with E-state index < -0.39 is 24.3 Å². The number of aliphatic carboxylic acids is 1. The zero-order valence-corrected chi connectivity index (χ0v) is 50.4. The SMILES string of the molecule is CC/C=C\C/C=C\C/C=C\C/C=C\CCCCCCCCCCCCCCCCCCCCCCCCC(=O)OC(COC(=O)CCCCCCC/C=C\CCCCCCCCC)COC(OCC[N+](C)(C)C)C(=O)[O-]. The van der Waals surface area contributed by atoms with Crippen LogP contribution in [0.2, 0.25) is 0 Å². The molecule has 0 amide bonds. The van der Waals surface area contributed by atoms with Crippen molar-refractivity contribution in [2.75, 3.05) is 47.5 Å². The maximum Gasteiger partial charge on any atom is 0.306 e. The second-order valence-electron chi connectivity index (χ2n) is 22.7. The summed E-state index contributed by atoms with van der Waals surface area (Å²) in [5.74, 6) is -2.28. The standard InChI is InChI=1S/C67H121NO8/c1-6-8-10-12-14-16-18-20-22-24-25-26-27-28-29-30-31-32-33-34-35-36-37-38-39-40-41-42-44-46-48-50-52-54-56-58-65(70)76-63(62-75-67(66(71)72)73-60-59-68(3,4)5)61-74-64(69)57-55-53-51-49-47-45-43-23-21-19-17-15-13-11-9-7-2/h8,10,14,16,20,22-23,25-26,43,63,67H,6-7,9,11-13,15,17-19,21,24,27-42,44-62H2,1-5H3/b10-8-,16-14-,22-20-,26-25-,43-23-. The second-order valence-corrected chi connectivity index (χ2v) is 22.7. The van der Waals surface area contributed by atoms with Gasteiger partial charge in [0.2, 0.25) is 0 Å². The lowest BCUT2D eigenvalue weighted by atomic mass is 10.0. The molecule has 76 heavy (non-hydrogen) atoms. The van der Waals surface area contributed by atoms with Gasteiger partial charge in [0, 0.05) is 12.8 Å². The van der Waals surface area contributed by atoms with Crippen molar-refractivity contribution in [3.63, 3.8) is 0 Å². The van der Waals surface area contributed by atoms with Gasteiger partial charge >= 0.3 is 11.9 Å². The number of hydrogen-bond acceptors (Lipinski definition) is 8. The number of likely N-dealkylation sites (N-methyl/N-ethyl adjacent to an activating group) is 1. The number of ether oxygens (including phenoxy) is 4. The van der Waals surface area contributed by atoms with E-state index in [0.29, 0.717) is 17.4 Å². The maximum atomic E-state index is 12.9. The van der Waals surface area contributed by atoms with Crippen LogP contribution in [0.25, 0.3) is 0 Å². The van der Waals surface area contributed by atoms with E-state index in [1.54, 1.807) is 0 Å². The van der Waals surface area contributed by atoms with Crippen molar-refractivity contribution in [2.24, 2.45) is 0 Å². The molecule has 2 atom stereocenters. The fourth-order valence-corrected chi connectivity index (χ4v) is 9.11. The first kappa shape index (κ1) is 73.0. The van der Waals surface area contributed by atoms with Gasteiger partial charge in [-0.05, 0) is 77.0 Å². The number of unbranched alkanes of at least 4 members (excludes halogenated alkanes) is 34. The summed E-state index contributed by atoms with van der Waals surface area (Å²) in [6, 6.07) is 0. The Morgan fingerprint density at radius 3 is 1.13 bits per heavy atom. The smallest absolute Gasteiger partial charge is 0.306 e. The molecule has 0 heterocycles. The quantitative estimate of drug-likeness (QED) is 0.0195. The second kappa shape index (κ2) is 58.1. The van der Waals surface area contributed by atoms with E-state index in [-0.39, 0.29) is 38.6 Å². The molecule has 0 fully saturated rings. The molecule has 0 aliphatic rings. The van der Waals surface area contributed by atoms with Gasteiger partial charge in [-0.2, -0.15) is 0 Å².